The minimum atomic E-state index is -0.0496. The maximum atomic E-state index is 11.8. The van der Waals surface area contributed by atoms with E-state index in [1.54, 1.807) is 18.3 Å². The van der Waals surface area contributed by atoms with Gasteiger partial charge in [-0.25, -0.2) is 0 Å². The first-order valence-corrected chi connectivity index (χ1v) is 6.41. The number of hydrogen-bond acceptors (Lipinski definition) is 2. The molecule has 1 N–H and O–H groups in total. The van der Waals surface area contributed by atoms with Gasteiger partial charge in [0.05, 0.1) is 0 Å². The Balaban J connectivity index is 2.46. The van der Waals surface area contributed by atoms with E-state index in [9.17, 15) is 4.79 Å². The first kappa shape index (κ1) is 14.9. The lowest BCUT2D eigenvalue weighted by Crippen LogP contribution is -2.25. The van der Waals surface area contributed by atoms with Crippen LogP contribution in [-0.4, -0.2) is 18.2 Å². The smallest absolute Gasteiger partial charge is 0.251 e. The van der Waals surface area contributed by atoms with E-state index in [0.717, 1.165) is 5.71 Å². The molecule has 0 bridgehead atoms. The van der Waals surface area contributed by atoms with Crippen LogP contribution in [0.1, 0.15) is 30.6 Å². The second-order valence-corrected chi connectivity index (χ2v) is 3.97. The third kappa shape index (κ3) is 5.82. The molecule has 0 atom stereocenters. The summed E-state index contributed by atoms with van der Waals surface area (Å²) in [6.45, 7) is 4.45. The van der Waals surface area contributed by atoms with Crippen molar-refractivity contribution in [3.05, 3.63) is 60.3 Å². The van der Waals surface area contributed by atoms with E-state index in [-0.39, 0.29) is 5.91 Å². The average Bonchev–Trinajstić information content (AvgIpc) is 2.45. The van der Waals surface area contributed by atoms with Crippen LogP contribution in [0.25, 0.3) is 0 Å². The fourth-order valence-electron chi connectivity index (χ4n) is 1.55. The van der Waals surface area contributed by atoms with Crippen LogP contribution in [0.15, 0.2) is 59.8 Å². The molecule has 1 aromatic rings. The van der Waals surface area contributed by atoms with Gasteiger partial charge in [-0.15, -0.1) is 0 Å². The molecule has 0 fully saturated rings. The number of aliphatic imine (C=N–C) groups is 1. The first-order valence-electron chi connectivity index (χ1n) is 6.41. The van der Waals surface area contributed by atoms with Crippen LogP contribution in [0.2, 0.25) is 0 Å². The van der Waals surface area contributed by atoms with Crippen LogP contribution in [0.3, 0.4) is 0 Å². The van der Waals surface area contributed by atoms with Crippen LogP contribution in [0.4, 0.5) is 0 Å². The SMILES string of the molecule is C\C=C/N=C(\C=C/C)CCNC(=O)c1ccccc1. The van der Waals surface area contributed by atoms with E-state index in [1.165, 1.54) is 0 Å². The summed E-state index contributed by atoms with van der Waals surface area (Å²) < 4.78 is 0. The van der Waals surface area contributed by atoms with E-state index in [4.69, 9.17) is 0 Å². The van der Waals surface area contributed by atoms with Crippen molar-refractivity contribution in [2.75, 3.05) is 6.54 Å². The van der Waals surface area contributed by atoms with Gasteiger partial charge in [-0.1, -0.05) is 30.4 Å². The van der Waals surface area contributed by atoms with Crippen molar-refractivity contribution in [2.24, 2.45) is 4.99 Å². The zero-order chi connectivity index (χ0) is 13.9. The summed E-state index contributed by atoms with van der Waals surface area (Å²) in [5.74, 6) is -0.0496. The summed E-state index contributed by atoms with van der Waals surface area (Å²) in [5.41, 5.74) is 1.63. The van der Waals surface area contributed by atoms with E-state index >= 15 is 0 Å². The Bertz CT molecular complexity index is 473. The summed E-state index contributed by atoms with van der Waals surface area (Å²) in [7, 11) is 0. The van der Waals surface area contributed by atoms with Crippen LogP contribution < -0.4 is 5.32 Å². The molecule has 0 heterocycles. The Morgan fingerprint density at radius 1 is 1.21 bits per heavy atom. The molecule has 0 aliphatic heterocycles. The predicted octanol–water partition coefficient (Wildman–Crippen LogP) is 3.36. The fourth-order valence-corrected chi connectivity index (χ4v) is 1.55. The highest BCUT2D eigenvalue weighted by Crippen LogP contribution is 1.98. The third-order valence-corrected chi connectivity index (χ3v) is 2.45. The second kappa shape index (κ2) is 8.86. The Labute approximate surface area is 114 Å². The molecule has 0 radical (unpaired) electrons. The fraction of sp³-hybridized carbons (Fsp3) is 0.250. The maximum absolute atomic E-state index is 11.8. The van der Waals surface area contributed by atoms with Crippen LogP contribution in [-0.2, 0) is 0 Å². The van der Waals surface area contributed by atoms with Crippen molar-refractivity contribution in [1.29, 1.82) is 0 Å². The van der Waals surface area contributed by atoms with Gasteiger partial charge >= 0.3 is 0 Å². The molecule has 19 heavy (non-hydrogen) atoms. The molecular formula is C16H20N2O. The number of hydrogen-bond donors (Lipinski definition) is 1. The number of benzene rings is 1. The normalized spacial score (nSPS) is 12.2. The van der Waals surface area contributed by atoms with Gasteiger partial charge in [0.15, 0.2) is 0 Å². The third-order valence-electron chi connectivity index (χ3n) is 2.45. The standard InChI is InChI=1S/C16H20N2O/c1-3-8-15(17-12-4-2)11-13-18-16(19)14-9-6-5-7-10-14/h3-10,12H,11,13H2,1-2H3,(H,18,19)/b8-3-,12-4-,17-15+. The van der Waals surface area contributed by atoms with Gasteiger partial charge < -0.3 is 5.32 Å². The maximum Gasteiger partial charge on any atom is 0.251 e. The van der Waals surface area contributed by atoms with Crippen molar-refractivity contribution in [3.8, 4) is 0 Å². The number of rotatable bonds is 6. The molecule has 0 saturated heterocycles. The molecule has 3 heteroatoms. The Morgan fingerprint density at radius 2 is 1.95 bits per heavy atom. The van der Waals surface area contributed by atoms with Gasteiger partial charge in [0.25, 0.3) is 5.91 Å². The number of nitrogens with zero attached hydrogens (tertiary/aromatic N) is 1. The molecule has 0 aromatic heterocycles. The number of amides is 1. The molecule has 0 unspecified atom stereocenters. The van der Waals surface area contributed by atoms with Crippen molar-refractivity contribution in [1.82, 2.24) is 5.32 Å². The topological polar surface area (TPSA) is 41.5 Å². The summed E-state index contributed by atoms with van der Waals surface area (Å²) in [6.07, 6.45) is 8.25. The van der Waals surface area contributed by atoms with Gasteiger partial charge in [-0.05, 0) is 32.1 Å². The number of nitrogens with one attached hydrogen (secondary N) is 1. The van der Waals surface area contributed by atoms with Crippen molar-refractivity contribution < 1.29 is 4.79 Å². The van der Waals surface area contributed by atoms with E-state index in [0.29, 0.717) is 18.5 Å². The van der Waals surface area contributed by atoms with Crippen molar-refractivity contribution in [2.45, 2.75) is 20.3 Å². The van der Waals surface area contributed by atoms with Gasteiger partial charge in [0.1, 0.15) is 0 Å². The molecule has 1 aromatic carbocycles. The molecule has 1 amide bonds. The molecule has 0 aliphatic carbocycles. The lowest BCUT2D eigenvalue weighted by molar-refractivity contribution is 0.0955. The minimum Gasteiger partial charge on any atom is -0.352 e. The largest absolute Gasteiger partial charge is 0.352 e. The van der Waals surface area contributed by atoms with Gasteiger partial charge in [0.2, 0.25) is 0 Å². The minimum absolute atomic E-state index is 0.0496. The molecule has 1 rings (SSSR count). The first-order chi connectivity index (χ1) is 9.27. The summed E-state index contributed by atoms with van der Waals surface area (Å²) >= 11 is 0. The molecule has 100 valence electrons. The molecule has 0 saturated carbocycles. The predicted molar refractivity (Wildman–Crippen MR) is 80.5 cm³/mol. The van der Waals surface area contributed by atoms with Gasteiger partial charge in [0, 0.05) is 30.4 Å². The second-order valence-electron chi connectivity index (χ2n) is 3.97. The van der Waals surface area contributed by atoms with Crippen molar-refractivity contribution in [3.63, 3.8) is 0 Å². The van der Waals surface area contributed by atoms with Crippen LogP contribution in [0.5, 0.6) is 0 Å². The summed E-state index contributed by atoms with van der Waals surface area (Å²) in [4.78, 5) is 16.1. The summed E-state index contributed by atoms with van der Waals surface area (Å²) in [6, 6.07) is 9.21. The quantitative estimate of drug-likeness (QED) is 0.779. The van der Waals surface area contributed by atoms with Crippen LogP contribution in [0, 0.1) is 0 Å². The van der Waals surface area contributed by atoms with E-state index in [1.807, 2.05) is 50.3 Å². The van der Waals surface area contributed by atoms with E-state index in [2.05, 4.69) is 10.3 Å². The van der Waals surface area contributed by atoms with Crippen molar-refractivity contribution >= 4 is 11.6 Å². The lowest BCUT2D eigenvalue weighted by atomic mass is 10.2. The Hall–Kier alpha value is -2.16. The average molecular weight is 256 g/mol. The highest BCUT2D eigenvalue weighted by Gasteiger charge is 2.03. The van der Waals surface area contributed by atoms with Gasteiger partial charge in [-0.2, -0.15) is 0 Å². The van der Waals surface area contributed by atoms with Gasteiger partial charge in [-0.3, -0.25) is 9.79 Å². The monoisotopic (exact) mass is 256 g/mol. The summed E-state index contributed by atoms with van der Waals surface area (Å²) in [5, 5.41) is 2.89. The number of allylic oxidation sites excluding steroid dienone is 3. The lowest BCUT2D eigenvalue weighted by Gasteiger charge is -2.05. The number of carbonyl (C=O) groups excluding carboxylic acids is 1. The molecule has 0 aliphatic rings. The number of carbonyl (C=O) groups is 1. The van der Waals surface area contributed by atoms with E-state index < -0.39 is 0 Å². The molecular weight excluding hydrogens is 236 g/mol. The zero-order valence-corrected chi connectivity index (χ0v) is 11.5. The molecule has 0 spiro atoms. The zero-order valence-electron chi connectivity index (χ0n) is 11.5. The highest BCUT2D eigenvalue weighted by molar-refractivity contribution is 5.97. The Kier molecular flexibility index (Phi) is 6.95. The molecule has 3 nitrogen and oxygen atoms in total. The van der Waals surface area contributed by atoms with Crippen LogP contribution >= 0.6 is 0 Å². The highest BCUT2D eigenvalue weighted by atomic mass is 16.1. The Morgan fingerprint density at radius 3 is 2.58 bits per heavy atom.